The summed E-state index contributed by atoms with van der Waals surface area (Å²) in [7, 11) is 0. The van der Waals surface area contributed by atoms with Gasteiger partial charge < -0.3 is 10.6 Å². The fourth-order valence-corrected chi connectivity index (χ4v) is 3.37. The van der Waals surface area contributed by atoms with E-state index < -0.39 is 0 Å². The highest BCUT2D eigenvalue weighted by molar-refractivity contribution is 5.84. The fraction of sp³-hybridized carbons (Fsp3) is 0.929. The molecule has 1 aliphatic heterocycles. The average molecular weight is 253 g/mol. The van der Waals surface area contributed by atoms with Crippen LogP contribution in [0.15, 0.2) is 0 Å². The molecule has 0 aromatic carbocycles. The highest BCUT2D eigenvalue weighted by Gasteiger charge is 2.68. The van der Waals surface area contributed by atoms with Gasteiger partial charge in [-0.3, -0.25) is 9.69 Å². The quantitative estimate of drug-likeness (QED) is 0.808. The Morgan fingerprint density at radius 1 is 1.11 bits per heavy atom. The van der Waals surface area contributed by atoms with Crippen LogP contribution < -0.4 is 5.73 Å². The van der Waals surface area contributed by atoms with Crippen LogP contribution in [0.2, 0.25) is 0 Å². The summed E-state index contributed by atoms with van der Waals surface area (Å²) in [6.07, 6.45) is 0. The number of amides is 1. The molecule has 2 fully saturated rings. The third-order valence-electron chi connectivity index (χ3n) is 5.40. The molecule has 2 rings (SSSR count). The van der Waals surface area contributed by atoms with Gasteiger partial charge >= 0.3 is 0 Å². The van der Waals surface area contributed by atoms with Gasteiger partial charge in [0.15, 0.2) is 0 Å². The van der Waals surface area contributed by atoms with E-state index in [1.54, 1.807) is 0 Å². The first kappa shape index (κ1) is 13.8. The Bertz CT molecular complexity index is 316. The van der Waals surface area contributed by atoms with Crippen molar-refractivity contribution in [2.45, 2.75) is 27.7 Å². The Hall–Kier alpha value is -0.610. The van der Waals surface area contributed by atoms with Crippen molar-refractivity contribution in [2.75, 3.05) is 39.3 Å². The molecule has 4 heteroatoms. The lowest BCUT2D eigenvalue weighted by Gasteiger charge is -2.35. The highest BCUT2D eigenvalue weighted by atomic mass is 16.2. The van der Waals surface area contributed by atoms with Crippen molar-refractivity contribution in [3.05, 3.63) is 0 Å². The third-order valence-corrected chi connectivity index (χ3v) is 5.40. The van der Waals surface area contributed by atoms with Crippen molar-refractivity contribution in [2.24, 2.45) is 22.5 Å². The molecule has 1 aliphatic carbocycles. The average Bonchev–Trinajstić information content (AvgIpc) is 2.70. The standard InChI is InChI=1S/C14H27N3O/c1-13(2)11(14(13,3)4)12(18)17-9-7-16(6-5-15)8-10-17/h11H,5-10,15H2,1-4H3. The Balaban J connectivity index is 1.90. The topological polar surface area (TPSA) is 49.6 Å². The van der Waals surface area contributed by atoms with Crippen molar-refractivity contribution in [1.82, 2.24) is 9.80 Å². The number of hydrogen-bond donors (Lipinski definition) is 1. The van der Waals surface area contributed by atoms with Gasteiger partial charge in [0.2, 0.25) is 5.91 Å². The maximum absolute atomic E-state index is 12.5. The minimum Gasteiger partial charge on any atom is -0.340 e. The van der Waals surface area contributed by atoms with Crippen LogP contribution >= 0.6 is 0 Å². The van der Waals surface area contributed by atoms with E-state index in [2.05, 4.69) is 32.6 Å². The Labute approximate surface area is 110 Å². The van der Waals surface area contributed by atoms with E-state index in [0.717, 1.165) is 32.7 Å². The summed E-state index contributed by atoms with van der Waals surface area (Å²) in [5.41, 5.74) is 5.86. The van der Waals surface area contributed by atoms with Gasteiger partial charge in [0.1, 0.15) is 0 Å². The maximum atomic E-state index is 12.5. The fourth-order valence-electron chi connectivity index (χ4n) is 3.37. The van der Waals surface area contributed by atoms with Gasteiger partial charge in [0, 0.05) is 45.2 Å². The SMILES string of the molecule is CC1(C)C(C(=O)N2CCN(CCN)CC2)C1(C)C. The first-order valence-electron chi connectivity index (χ1n) is 7.03. The molecule has 0 unspecified atom stereocenters. The van der Waals surface area contributed by atoms with Gasteiger partial charge in [-0.25, -0.2) is 0 Å². The van der Waals surface area contributed by atoms with Crippen molar-refractivity contribution >= 4 is 5.91 Å². The van der Waals surface area contributed by atoms with Crippen molar-refractivity contribution in [3.63, 3.8) is 0 Å². The summed E-state index contributed by atoms with van der Waals surface area (Å²) in [5, 5.41) is 0. The minimum absolute atomic E-state index is 0.151. The second-order valence-corrected chi connectivity index (χ2v) is 6.83. The lowest BCUT2D eigenvalue weighted by molar-refractivity contribution is -0.135. The molecule has 0 atom stereocenters. The first-order chi connectivity index (χ1) is 8.32. The van der Waals surface area contributed by atoms with E-state index in [1.165, 1.54) is 0 Å². The lowest BCUT2D eigenvalue weighted by atomic mass is 10.0. The van der Waals surface area contributed by atoms with Gasteiger partial charge in [0.25, 0.3) is 0 Å². The molecule has 1 saturated carbocycles. The zero-order valence-electron chi connectivity index (χ0n) is 12.2. The smallest absolute Gasteiger partial charge is 0.226 e. The number of nitrogens with two attached hydrogens (primary N) is 1. The summed E-state index contributed by atoms with van der Waals surface area (Å²) in [4.78, 5) is 16.9. The van der Waals surface area contributed by atoms with Gasteiger partial charge in [-0.15, -0.1) is 0 Å². The van der Waals surface area contributed by atoms with E-state index in [9.17, 15) is 4.79 Å². The van der Waals surface area contributed by atoms with Crippen LogP contribution in [0, 0.1) is 16.7 Å². The Morgan fingerprint density at radius 3 is 2.00 bits per heavy atom. The molecule has 0 aromatic heterocycles. The molecule has 0 bridgehead atoms. The number of rotatable bonds is 3. The van der Waals surface area contributed by atoms with E-state index in [-0.39, 0.29) is 16.7 Å². The summed E-state index contributed by atoms with van der Waals surface area (Å²) in [5.74, 6) is 0.559. The molecule has 1 heterocycles. The van der Waals surface area contributed by atoms with Crippen LogP contribution in [-0.4, -0.2) is 55.0 Å². The van der Waals surface area contributed by atoms with Gasteiger partial charge in [-0.1, -0.05) is 27.7 Å². The second-order valence-electron chi connectivity index (χ2n) is 6.83. The van der Waals surface area contributed by atoms with E-state index in [4.69, 9.17) is 5.73 Å². The Morgan fingerprint density at radius 2 is 1.61 bits per heavy atom. The van der Waals surface area contributed by atoms with Crippen LogP contribution in [-0.2, 0) is 4.79 Å². The van der Waals surface area contributed by atoms with Crippen LogP contribution in [0.3, 0.4) is 0 Å². The largest absolute Gasteiger partial charge is 0.340 e. The number of nitrogens with zero attached hydrogens (tertiary/aromatic N) is 2. The Kier molecular flexibility index (Phi) is 3.45. The van der Waals surface area contributed by atoms with Gasteiger partial charge in [0.05, 0.1) is 0 Å². The molecule has 0 spiro atoms. The summed E-state index contributed by atoms with van der Waals surface area (Å²) in [6, 6.07) is 0. The summed E-state index contributed by atoms with van der Waals surface area (Å²) < 4.78 is 0. The summed E-state index contributed by atoms with van der Waals surface area (Å²) in [6.45, 7) is 14.1. The highest BCUT2D eigenvalue weighted by Crippen LogP contribution is 2.68. The first-order valence-corrected chi connectivity index (χ1v) is 7.03. The molecule has 1 saturated heterocycles. The van der Waals surface area contributed by atoms with Crippen LogP contribution in [0.5, 0.6) is 0 Å². The van der Waals surface area contributed by atoms with E-state index >= 15 is 0 Å². The van der Waals surface area contributed by atoms with Crippen molar-refractivity contribution < 1.29 is 4.79 Å². The lowest BCUT2D eigenvalue weighted by Crippen LogP contribution is -2.50. The molecule has 2 N–H and O–H groups in total. The van der Waals surface area contributed by atoms with E-state index in [0.29, 0.717) is 12.5 Å². The number of piperazine rings is 1. The molecular weight excluding hydrogens is 226 g/mol. The second kappa shape index (κ2) is 4.49. The van der Waals surface area contributed by atoms with Crippen LogP contribution in [0.1, 0.15) is 27.7 Å². The molecule has 18 heavy (non-hydrogen) atoms. The van der Waals surface area contributed by atoms with Gasteiger partial charge in [-0.2, -0.15) is 0 Å². The monoisotopic (exact) mass is 253 g/mol. The zero-order valence-corrected chi connectivity index (χ0v) is 12.2. The van der Waals surface area contributed by atoms with Crippen LogP contribution in [0.4, 0.5) is 0 Å². The molecule has 0 radical (unpaired) electrons. The number of carbonyl (C=O) groups excluding carboxylic acids is 1. The van der Waals surface area contributed by atoms with Crippen LogP contribution in [0.25, 0.3) is 0 Å². The van der Waals surface area contributed by atoms with Crippen molar-refractivity contribution in [3.8, 4) is 0 Å². The molecule has 1 amide bonds. The minimum atomic E-state index is 0.151. The molecule has 104 valence electrons. The molecule has 0 aromatic rings. The van der Waals surface area contributed by atoms with Gasteiger partial charge in [-0.05, 0) is 10.8 Å². The molecular formula is C14H27N3O. The molecule has 4 nitrogen and oxygen atoms in total. The molecule has 2 aliphatic rings. The zero-order chi connectivity index (χ0) is 13.6. The predicted molar refractivity (Wildman–Crippen MR) is 73.1 cm³/mol. The number of hydrogen-bond acceptors (Lipinski definition) is 3. The predicted octanol–water partition coefficient (Wildman–Crippen LogP) is 0.772. The number of carbonyl (C=O) groups is 1. The normalized spacial score (nSPS) is 27.3. The summed E-state index contributed by atoms with van der Waals surface area (Å²) >= 11 is 0. The van der Waals surface area contributed by atoms with E-state index in [1.807, 2.05) is 4.90 Å². The maximum Gasteiger partial charge on any atom is 0.226 e. The third kappa shape index (κ3) is 2.05. The van der Waals surface area contributed by atoms with Crippen molar-refractivity contribution in [1.29, 1.82) is 0 Å².